The molecule has 0 amide bonds. The zero-order valence-electron chi connectivity index (χ0n) is 9.67. The molecule has 0 heterocycles. The standard InChI is InChI=1S/C13H10O2.C2H2O/c14-12-9-5-4-8-11(12)13(15)10-6-2-1-3-7-10;1-2-3/h1-9,14H;1H2. The molecule has 0 saturated heterocycles. The number of benzene rings is 2. The Morgan fingerprint density at radius 3 is 2.06 bits per heavy atom. The van der Waals surface area contributed by atoms with Crippen LogP contribution in [0.15, 0.2) is 61.2 Å². The van der Waals surface area contributed by atoms with Gasteiger partial charge in [-0.2, -0.15) is 0 Å². The number of carbonyl (C=O) groups excluding carboxylic acids is 2. The normalized spacial score (nSPS) is 8.67. The van der Waals surface area contributed by atoms with Gasteiger partial charge in [-0.15, -0.1) is 0 Å². The van der Waals surface area contributed by atoms with Crippen molar-refractivity contribution in [1.29, 1.82) is 0 Å². The Morgan fingerprint density at radius 1 is 1.00 bits per heavy atom. The first-order chi connectivity index (χ1) is 8.70. The van der Waals surface area contributed by atoms with Crippen LogP contribution in [-0.4, -0.2) is 16.8 Å². The van der Waals surface area contributed by atoms with E-state index in [0.717, 1.165) is 0 Å². The number of aromatic hydroxyl groups is 1. The first kappa shape index (κ1) is 13.4. The van der Waals surface area contributed by atoms with Crippen LogP contribution in [0, 0.1) is 0 Å². The summed E-state index contributed by atoms with van der Waals surface area (Å²) < 4.78 is 0. The molecular weight excluding hydrogens is 228 g/mol. The van der Waals surface area contributed by atoms with Crippen molar-refractivity contribution in [2.75, 3.05) is 0 Å². The first-order valence-corrected chi connectivity index (χ1v) is 5.22. The summed E-state index contributed by atoms with van der Waals surface area (Å²) in [6, 6.07) is 15.5. The molecule has 2 rings (SSSR count). The van der Waals surface area contributed by atoms with E-state index in [1.807, 2.05) is 6.07 Å². The molecule has 0 bridgehead atoms. The molecule has 2 aromatic carbocycles. The Kier molecular flexibility index (Phi) is 5.10. The quantitative estimate of drug-likeness (QED) is 0.648. The lowest BCUT2D eigenvalue weighted by Gasteiger charge is -2.02. The van der Waals surface area contributed by atoms with Gasteiger partial charge >= 0.3 is 0 Å². The van der Waals surface area contributed by atoms with Gasteiger partial charge in [-0.05, 0) is 18.7 Å². The summed E-state index contributed by atoms with van der Waals surface area (Å²) in [6.07, 6.45) is 0. The van der Waals surface area contributed by atoms with Gasteiger partial charge in [0.25, 0.3) is 0 Å². The zero-order valence-corrected chi connectivity index (χ0v) is 9.67. The minimum absolute atomic E-state index is 0.0198. The molecule has 0 atom stereocenters. The summed E-state index contributed by atoms with van der Waals surface area (Å²) in [4.78, 5) is 20.5. The second-order valence-corrected chi connectivity index (χ2v) is 3.36. The zero-order chi connectivity index (χ0) is 13.4. The fourth-order valence-corrected chi connectivity index (χ4v) is 1.41. The van der Waals surface area contributed by atoms with Gasteiger partial charge in [-0.25, -0.2) is 4.79 Å². The van der Waals surface area contributed by atoms with Crippen molar-refractivity contribution >= 4 is 11.7 Å². The summed E-state index contributed by atoms with van der Waals surface area (Å²) in [5.41, 5.74) is 0.919. The van der Waals surface area contributed by atoms with E-state index < -0.39 is 0 Å². The van der Waals surface area contributed by atoms with E-state index in [-0.39, 0.29) is 11.5 Å². The highest BCUT2D eigenvalue weighted by molar-refractivity contribution is 6.10. The molecule has 0 fully saturated rings. The third-order valence-electron chi connectivity index (χ3n) is 2.18. The summed E-state index contributed by atoms with van der Waals surface area (Å²) in [5, 5.41) is 9.52. The molecule has 3 nitrogen and oxygen atoms in total. The predicted molar refractivity (Wildman–Crippen MR) is 69.3 cm³/mol. The lowest BCUT2D eigenvalue weighted by Crippen LogP contribution is -2.00. The van der Waals surface area contributed by atoms with Gasteiger partial charge in [0.1, 0.15) is 11.7 Å². The fraction of sp³-hybridized carbons (Fsp3) is 0. The number of phenols is 1. The van der Waals surface area contributed by atoms with Gasteiger partial charge in [-0.3, -0.25) is 4.79 Å². The SMILES string of the molecule is C=C=O.O=C(c1ccccc1)c1ccccc1O. The topological polar surface area (TPSA) is 54.4 Å². The number of carbonyl (C=O) groups is 1. The Morgan fingerprint density at radius 2 is 1.50 bits per heavy atom. The summed E-state index contributed by atoms with van der Waals surface area (Å²) in [6.45, 7) is 2.68. The molecular formula is C15H12O3. The molecule has 1 N–H and O–H groups in total. The number of hydrogen-bond donors (Lipinski definition) is 1. The van der Waals surface area contributed by atoms with E-state index in [4.69, 9.17) is 4.79 Å². The average molecular weight is 240 g/mol. The maximum atomic E-state index is 11.9. The molecule has 2 aromatic rings. The van der Waals surface area contributed by atoms with Crippen LogP contribution < -0.4 is 0 Å². The van der Waals surface area contributed by atoms with Gasteiger partial charge in [-0.1, -0.05) is 42.5 Å². The van der Waals surface area contributed by atoms with Crippen molar-refractivity contribution in [3.05, 3.63) is 72.3 Å². The number of phenolic OH excluding ortho intramolecular Hbond substituents is 1. The van der Waals surface area contributed by atoms with Crippen molar-refractivity contribution in [1.82, 2.24) is 0 Å². The summed E-state index contributed by atoms with van der Waals surface area (Å²) >= 11 is 0. The van der Waals surface area contributed by atoms with Crippen LogP contribution in [-0.2, 0) is 4.79 Å². The first-order valence-electron chi connectivity index (χ1n) is 5.22. The van der Waals surface area contributed by atoms with E-state index in [1.165, 1.54) is 12.0 Å². The van der Waals surface area contributed by atoms with Crippen molar-refractivity contribution in [2.24, 2.45) is 0 Å². The molecule has 0 saturated carbocycles. The monoisotopic (exact) mass is 240 g/mol. The Bertz CT molecular complexity index is 553. The molecule has 0 aliphatic heterocycles. The van der Waals surface area contributed by atoms with Gasteiger partial charge < -0.3 is 5.11 Å². The minimum Gasteiger partial charge on any atom is -0.507 e. The van der Waals surface area contributed by atoms with E-state index in [0.29, 0.717) is 11.1 Å². The van der Waals surface area contributed by atoms with Crippen LogP contribution in [0.1, 0.15) is 15.9 Å². The number of para-hydroxylation sites is 1. The third-order valence-corrected chi connectivity index (χ3v) is 2.18. The maximum Gasteiger partial charge on any atom is 0.196 e. The largest absolute Gasteiger partial charge is 0.507 e. The van der Waals surface area contributed by atoms with Crippen LogP contribution in [0.25, 0.3) is 0 Å². The molecule has 0 aliphatic rings. The van der Waals surface area contributed by atoms with Crippen molar-refractivity contribution in [2.45, 2.75) is 0 Å². The van der Waals surface area contributed by atoms with Gasteiger partial charge in [0.05, 0.1) is 5.56 Å². The van der Waals surface area contributed by atoms with Crippen molar-refractivity contribution < 1.29 is 14.7 Å². The van der Waals surface area contributed by atoms with E-state index in [9.17, 15) is 9.90 Å². The average Bonchev–Trinajstić information content (AvgIpc) is 2.40. The van der Waals surface area contributed by atoms with Crippen LogP contribution >= 0.6 is 0 Å². The van der Waals surface area contributed by atoms with E-state index >= 15 is 0 Å². The van der Waals surface area contributed by atoms with Crippen LogP contribution in [0.4, 0.5) is 0 Å². The Hall–Kier alpha value is -2.64. The Balaban J connectivity index is 0.000000492. The molecule has 0 aliphatic carbocycles. The lowest BCUT2D eigenvalue weighted by atomic mass is 10.0. The highest BCUT2D eigenvalue weighted by Gasteiger charge is 2.11. The lowest BCUT2D eigenvalue weighted by molar-refractivity contribution is 0.103. The number of ketones is 1. The van der Waals surface area contributed by atoms with Crippen molar-refractivity contribution in [3.63, 3.8) is 0 Å². The minimum atomic E-state index is -0.159. The predicted octanol–water partition coefficient (Wildman–Crippen LogP) is 2.63. The summed E-state index contributed by atoms with van der Waals surface area (Å²) in [7, 11) is 0. The molecule has 90 valence electrons. The Labute approximate surface area is 105 Å². The van der Waals surface area contributed by atoms with E-state index in [2.05, 4.69) is 6.58 Å². The molecule has 0 aromatic heterocycles. The third kappa shape index (κ3) is 3.44. The highest BCUT2D eigenvalue weighted by atomic mass is 16.3. The smallest absolute Gasteiger partial charge is 0.196 e. The van der Waals surface area contributed by atoms with Gasteiger partial charge in [0.15, 0.2) is 5.78 Å². The van der Waals surface area contributed by atoms with Gasteiger partial charge in [0.2, 0.25) is 0 Å². The molecule has 0 radical (unpaired) electrons. The van der Waals surface area contributed by atoms with Crippen LogP contribution in [0.5, 0.6) is 5.75 Å². The van der Waals surface area contributed by atoms with Crippen molar-refractivity contribution in [3.8, 4) is 5.75 Å². The van der Waals surface area contributed by atoms with Gasteiger partial charge in [0, 0.05) is 5.56 Å². The second-order valence-electron chi connectivity index (χ2n) is 3.36. The molecule has 18 heavy (non-hydrogen) atoms. The molecule has 0 unspecified atom stereocenters. The van der Waals surface area contributed by atoms with Crippen LogP contribution in [0.2, 0.25) is 0 Å². The highest BCUT2D eigenvalue weighted by Crippen LogP contribution is 2.19. The molecule has 3 heteroatoms. The fourth-order valence-electron chi connectivity index (χ4n) is 1.41. The van der Waals surface area contributed by atoms with Crippen LogP contribution in [0.3, 0.4) is 0 Å². The number of rotatable bonds is 2. The van der Waals surface area contributed by atoms with E-state index in [1.54, 1.807) is 42.5 Å². The number of hydrogen-bond acceptors (Lipinski definition) is 3. The second kappa shape index (κ2) is 6.84. The summed E-state index contributed by atoms with van der Waals surface area (Å²) in [5.74, 6) is 1.11. The maximum absolute atomic E-state index is 11.9. The molecule has 0 spiro atoms.